The molecule has 58 valence electrons. The minimum absolute atomic E-state index is 0.0891. The maximum atomic E-state index is 10.1. The SMILES string of the molecule is NC=C(N)CC(N)C(=O)O. The van der Waals surface area contributed by atoms with Gasteiger partial charge in [0, 0.05) is 18.3 Å². The fraction of sp³-hybridized carbons (Fsp3) is 0.400. The summed E-state index contributed by atoms with van der Waals surface area (Å²) >= 11 is 0. The highest BCUT2D eigenvalue weighted by molar-refractivity contribution is 5.73. The van der Waals surface area contributed by atoms with Gasteiger partial charge in [-0.1, -0.05) is 0 Å². The molecule has 5 heteroatoms. The summed E-state index contributed by atoms with van der Waals surface area (Å²) in [6.45, 7) is 0. The molecule has 0 rings (SSSR count). The van der Waals surface area contributed by atoms with E-state index in [2.05, 4.69) is 0 Å². The first-order chi connectivity index (χ1) is 4.57. The molecular weight excluding hydrogens is 134 g/mol. The predicted molar refractivity (Wildman–Crippen MR) is 36.7 cm³/mol. The van der Waals surface area contributed by atoms with Gasteiger partial charge in [0.15, 0.2) is 0 Å². The van der Waals surface area contributed by atoms with Crippen molar-refractivity contribution in [3.05, 3.63) is 11.9 Å². The Kier molecular flexibility index (Phi) is 3.27. The standard InChI is InChI=1S/C5H11N3O2/c6-2-3(7)1-4(8)5(9)10/h2,4H,1,6-8H2,(H,9,10). The molecule has 0 fully saturated rings. The van der Waals surface area contributed by atoms with E-state index in [4.69, 9.17) is 22.3 Å². The molecule has 1 atom stereocenters. The van der Waals surface area contributed by atoms with Crippen molar-refractivity contribution in [2.75, 3.05) is 0 Å². The number of nitrogens with two attached hydrogens (primary N) is 3. The predicted octanol–water partition coefficient (Wildman–Crippen LogP) is -1.45. The molecule has 0 aliphatic carbocycles. The van der Waals surface area contributed by atoms with Crippen molar-refractivity contribution in [1.82, 2.24) is 0 Å². The van der Waals surface area contributed by atoms with Gasteiger partial charge < -0.3 is 22.3 Å². The highest BCUT2D eigenvalue weighted by atomic mass is 16.4. The Balaban J connectivity index is 3.80. The van der Waals surface area contributed by atoms with Crippen LogP contribution in [-0.2, 0) is 4.79 Å². The van der Waals surface area contributed by atoms with Gasteiger partial charge in [-0.2, -0.15) is 0 Å². The largest absolute Gasteiger partial charge is 0.480 e. The van der Waals surface area contributed by atoms with Crippen molar-refractivity contribution in [2.24, 2.45) is 17.2 Å². The molecule has 5 nitrogen and oxygen atoms in total. The van der Waals surface area contributed by atoms with Crippen molar-refractivity contribution in [1.29, 1.82) is 0 Å². The Morgan fingerprint density at radius 3 is 2.50 bits per heavy atom. The van der Waals surface area contributed by atoms with Crippen LogP contribution in [0.25, 0.3) is 0 Å². The fourth-order valence-corrected chi connectivity index (χ4v) is 0.409. The lowest BCUT2D eigenvalue weighted by Gasteiger charge is -2.04. The second-order valence-electron chi connectivity index (χ2n) is 1.89. The number of carboxylic acids is 1. The minimum atomic E-state index is -1.08. The average molecular weight is 145 g/mol. The third-order valence-corrected chi connectivity index (χ3v) is 0.987. The average Bonchev–Trinajstić information content (AvgIpc) is 1.87. The number of carbonyl (C=O) groups is 1. The van der Waals surface area contributed by atoms with Crippen LogP contribution in [0.2, 0.25) is 0 Å². The van der Waals surface area contributed by atoms with E-state index in [1.807, 2.05) is 0 Å². The van der Waals surface area contributed by atoms with E-state index >= 15 is 0 Å². The quantitative estimate of drug-likeness (QED) is 0.387. The number of rotatable bonds is 3. The molecule has 0 spiro atoms. The Morgan fingerprint density at radius 2 is 2.20 bits per heavy atom. The van der Waals surface area contributed by atoms with Gasteiger partial charge in [0.05, 0.1) is 0 Å². The molecule has 0 aliphatic heterocycles. The smallest absolute Gasteiger partial charge is 0.320 e. The minimum Gasteiger partial charge on any atom is -0.480 e. The second kappa shape index (κ2) is 3.73. The first-order valence-electron chi connectivity index (χ1n) is 2.72. The van der Waals surface area contributed by atoms with Gasteiger partial charge >= 0.3 is 5.97 Å². The molecule has 0 saturated carbocycles. The number of hydrogen-bond acceptors (Lipinski definition) is 4. The zero-order valence-corrected chi connectivity index (χ0v) is 5.45. The van der Waals surface area contributed by atoms with Crippen LogP contribution in [-0.4, -0.2) is 17.1 Å². The molecule has 1 unspecified atom stereocenters. The summed E-state index contributed by atoms with van der Waals surface area (Å²) in [5, 5.41) is 8.28. The van der Waals surface area contributed by atoms with Crippen LogP contribution in [0.1, 0.15) is 6.42 Å². The summed E-state index contributed by atoms with van der Waals surface area (Å²) in [6.07, 6.45) is 1.23. The third kappa shape index (κ3) is 2.93. The Hall–Kier alpha value is -1.23. The normalized spacial score (nSPS) is 14.7. The summed E-state index contributed by atoms with van der Waals surface area (Å²) in [5.41, 5.74) is 15.6. The number of aliphatic carboxylic acids is 1. The molecule has 0 aromatic heterocycles. The highest BCUT2D eigenvalue weighted by Gasteiger charge is 2.11. The molecule has 0 saturated heterocycles. The van der Waals surface area contributed by atoms with Gasteiger partial charge in [0.25, 0.3) is 0 Å². The van der Waals surface area contributed by atoms with Crippen molar-refractivity contribution < 1.29 is 9.90 Å². The Morgan fingerprint density at radius 1 is 1.70 bits per heavy atom. The lowest BCUT2D eigenvalue weighted by molar-refractivity contribution is -0.138. The highest BCUT2D eigenvalue weighted by Crippen LogP contribution is 1.94. The first-order valence-corrected chi connectivity index (χ1v) is 2.72. The van der Waals surface area contributed by atoms with Gasteiger partial charge in [-0.05, 0) is 0 Å². The van der Waals surface area contributed by atoms with Crippen LogP contribution in [0.15, 0.2) is 11.9 Å². The van der Waals surface area contributed by atoms with E-state index in [1.165, 1.54) is 0 Å². The fourth-order valence-electron chi connectivity index (χ4n) is 0.409. The zero-order valence-electron chi connectivity index (χ0n) is 5.45. The summed E-state index contributed by atoms with van der Waals surface area (Å²) in [4.78, 5) is 10.1. The van der Waals surface area contributed by atoms with Crippen LogP contribution in [0.4, 0.5) is 0 Å². The van der Waals surface area contributed by atoms with Gasteiger partial charge in [-0.15, -0.1) is 0 Å². The maximum absolute atomic E-state index is 10.1. The molecule has 0 aromatic rings. The molecule has 0 bridgehead atoms. The summed E-state index contributed by atoms with van der Waals surface area (Å²) in [7, 11) is 0. The second-order valence-corrected chi connectivity index (χ2v) is 1.89. The number of hydrogen-bond donors (Lipinski definition) is 4. The van der Waals surface area contributed by atoms with Gasteiger partial charge in [-0.3, -0.25) is 4.79 Å². The maximum Gasteiger partial charge on any atom is 0.320 e. The van der Waals surface area contributed by atoms with Crippen LogP contribution in [0.5, 0.6) is 0 Å². The van der Waals surface area contributed by atoms with Gasteiger partial charge in [-0.25, -0.2) is 0 Å². The summed E-state index contributed by atoms with van der Waals surface area (Å²) < 4.78 is 0. The Bertz CT molecular complexity index is 155. The lowest BCUT2D eigenvalue weighted by atomic mass is 10.2. The zero-order chi connectivity index (χ0) is 8.15. The molecule has 7 N–H and O–H groups in total. The molecular formula is C5H11N3O2. The molecule has 0 heterocycles. The molecule has 10 heavy (non-hydrogen) atoms. The topological polar surface area (TPSA) is 115 Å². The molecule has 0 aromatic carbocycles. The van der Waals surface area contributed by atoms with Crippen molar-refractivity contribution >= 4 is 5.97 Å². The van der Waals surface area contributed by atoms with E-state index in [9.17, 15) is 4.79 Å². The van der Waals surface area contributed by atoms with E-state index in [-0.39, 0.29) is 12.1 Å². The van der Waals surface area contributed by atoms with Crippen LogP contribution >= 0.6 is 0 Å². The molecule has 0 amide bonds. The molecule has 0 radical (unpaired) electrons. The summed E-state index contributed by atoms with van der Waals surface area (Å²) in [5.74, 6) is -1.08. The van der Waals surface area contributed by atoms with Crippen LogP contribution in [0.3, 0.4) is 0 Å². The van der Waals surface area contributed by atoms with Gasteiger partial charge in [0.1, 0.15) is 6.04 Å². The van der Waals surface area contributed by atoms with E-state index < -0.39 is 12.0 Å². The molecule has 0 aliphatic rings. The van der Waals surface area contributed by atoms with Crippen molar-refractivity contribution in [3.63, 3.8) is 0 Å². The van der Waals surface area contributed by atoms with Crippen LogP contribution in [0, 0.1) is 0 Å². The Labute approximate surface area is 58.5 Å². The van der Waals surface area contributed by atoms with E-state index in [1.54, 1.807) is 0 Å². The van der Waals surface area contributed by atoms with E-state index in [0.29, 0.717) is 0 Å². The van der Waals surface area contributed by atoms with Crippen LogP contribution < -0.4 is 17.2 Å². The monoisotopic (exact) mass is 145 g/mol. The van der Waals surface area contributed by atoms with Crippen molar-refractivity contribution in [2.45, 2.75) is 12.5 Å². The first kappa shape index (κ1) is 8.77. The van der Waals surface area contributed by atoms with Gasteiger partial charge in [0.2, 0.25) is 0 Å². The third-order valence-electron chi connectivity index (χ3n) is 0.987. The summed E-state index contributed by atoms with van der Waals surface area (Å²) in [6, 6.07) is -0.959. The lowest BCUT2D eigenvalue weighted by Crippen LogP contribution is -2.31. The van der Waals surface area contributed by atoms with Crippen molar-refractivity contribution in [3.8, 4) is 0 Å². The van der Waals surface area contributed by atoms with E-state index in [0.717, 1.165) is 6.20 Å². The number of carboxylic acid groups (broad SMARTS) is 1.